The van der Waals surface area contributed by atoms with Gasteiger partial charge in [-0.05, 0) is 6.07 Å². The summed E-state index contributed by atoms with van der Waals surface area (Å²) in [6.07, 6.45) is 4.70. The van der Waals surface area contributed by atoms with E-state index in [2.05, 4.69) is 9.97 Å². The van der Waals surface area contributed by atoms with Crippen LogP contribution in [0.3, 0.4) is 0 Å². The van der Waals surface area contributed by atoms with Gasteiger partial charge in [-0.15, -0.1) is 0 Å². The molecule has 0 aromatic carbocycles. The van der Waals surface area contributed by atoms with E-state index in [0.717, 1.165) is 0 Å². The van der Waals surface area contributed by atoms with Crippen LogP contribution in [0, 0.1) is 0 Å². The van der Waals surface area contributed by atoms with Crippen LogP contribution >= 0.6 is 0 Å². The van der Waals surface area contributed by atoms with Gasteiger partial charge in [-0.25, -0.2) is 14.8 Å². The topological polar surface area (TPSA) is 83.4 Å². The van der Waals surface area contributed by atoms with Crippen molar-refractivity contribution in [3.63, 3.8) is 0 Å². The van der Waals surface area contributed by atoms with Crippen molar-refractivity contribution in [1.82, 2.24) is 14.9 Å². The van der Waals surface area contributed by atoms with E-state index in [-0.39, 0.29) is 24.1 Å². The van der Waals surface area contributed by atoms with E-state index in [1.54, 1.807) is 6.08 Å². The number of carboxylic acids is 1. The Labute approximate surface area is 110 Å². The van der Waals surface area contributed by atoms with Gasteiger partial charge in [-0.2, -0.15) is 0 Å². The maximum Gasteiger partial charge on any atom is 0.330 e. The molecule has 1 aromatic heterocycles. The zero-order valence-corrected chi connectivity index (χ0v) is 10.8. The van der Waals surface area contributed by atoms with Gasteiger partial charge in [-0.1, -0.05) is 26.0 Å². The molecule has 2 heterocycles. The number of carbonyl (C=O) groups excluding carboxylic acids is 1. The van der Waals surface area contributed by atoms with E-state index in [0.29, 0.717) is 5.82 Å². The van der Waals surface area contributed by atoms with E-state index in [1.807, 2.05) is 13.8 Å². The molecule has 19 heavy (non-hydrogen) atoms. The van der Waals surface area contributed by atoms with Gasteiger partial charge in [0.2, 0.25) is 0 Å². The molecular weight excluding hydrogens is 246 g/mol. The van der Waals surface area contributed by atoms with E-state index >= 15 is 0 Å². The van der Waals surface area contributed by atoms with Crippen LogP contribution in [0.4, 0.5) is 0 Å². The van der Waals surface area contributed by atoms with Crippen molar-refractivity contribution in [2.24, 2.45) is 0 Å². The van der Waals surface area contributed by atoms with Crippen LogP contribution in [0.15, 0.2) is 24.4 Å². The lowest BCUT2D eigenvalue weighted by Crippen LogP contribution is -2.41. The van der Waals surface area contributed by atoms with Gasteiger partial charge in [0, 0.05) is 18.7 Å². The number of hydrogen-bond donors (Lipinski definition) is 1. The summed E-state index contributed by atoms with van der Waals surface area (Å²) in [6.45, 7) is 4.15. The van der Waals surface area contributed by atoms with Gasteiger partial charge >= 0.3 is 5.97 Å². The molecule has 1 amide bonds. The van der Waals surface area contributed by atoms with Crippen molar-refractivity contribution >= 4 is 11.9 Å². The Morgan fingerprint density at radius 2 is 2.21 bits per heavy atom. The number of nitrogens with zero attached hydrogens (tertiary/aromatic N) is 3. The highest BCUT2D eigenvalue weighted by molar-refractivity contribution is 5.96. The van der Waals surface area contributed by atoms with Crippen molar-refractivity contribution in [1.29, 1.82) is 0 Å². The van der Waals surface area contributed by atoms with Crippen LogP contribution in [0.2, 0.25) is 0 Å². The number of carboxylic acid groups (broad SMARTS) is 1. The highest BCUT2D eigenvalue weighted by atomic mass is 16.4. The minimum Gasteiger partial charge on any atom is -0.479 e. The molecular formula is C13H15N3O3. The first-order valence-corrected chi connectivity index (χ1v) is 6.04. The molecule has 2 rings (SSSR count). The van der Waals surface area contributed by atoms with E-state index in [9.17, 15) is 9.59 Å². The zero-order valence-electron chi connectivity index (χ0n) is 10.8. The SMILES string of the molecule is CC(C)c1nccc(C(=O)N2CC=CC2C(=O)O)n1. The number of carbonyl (C=O) groups is 2. The van der Waals surface area contributed by atoms with Gasteiger partial charge in [0.05, 0.1) is 0 Å². The maximum absolute atomic E-state index is 12.3. The van der Waals surface area contributed by atoms with Gasteiger partial charge < -0.3 is 10.0 Å². The smallest absolute Gasteiger partial charge is 0.330 e. The first kappa shape index (κ1) is 13.2. The molecule has 100 valence electrons. The van der Waals surface area contributed by atoms with E-state index in [1.165, 1.54) is 23.2 Å². The van der Waals surface area contributed by atoms with Gasteiger partial charge in [0.25, 0.3) is 5.91 Å². The lowest BCUT2D eigenvalue weighted by atomic mass is 10.2. The molecule has 1 unspecified atom stereocenters. The number of hydrogen-bond acceptors (Lipinski definition) is 4. The zero-order chi connectivity index (χ0) is 14.0. The van der Waals surface area contributed by atoms with Crippen molar-refractivity contribution in [2.45, 2.75) is 25.8 Å². The summed E-state index contributed by atoms with van der Waals surface area (Å²) in [5, 5.41) is 9.04. The van der Waals surface area contributed by atoms with Gasteiger partial charge in [-0.3, -0.25) is 4.79 Å². The summed E-state index contributed by atoms with van der Waals surface area (Å²) >= 11 is 0. The molecule has 1 aliphatic rings. The van der Waals surface area contributed by atoms with Gasteiger partial charge in [0.1, 0.15) is 17.6 Å². The number of aliphatic carboxylic acids is 1. The molecule has 0 saturated carbocycles. The summed E-state index contributed by atoms with van der Waals surface area (Å²) in [7, 11) is 0. The van der Waals surface area contributed by atoms with Gasteiger partial charge in [0.15, 0.2) is 0 Å². The minimum absolute atomic E-state index is 0.111. The summed E-state index contributed by atoms with van der Waals surface area (Å²) in [5.41, 5.74) is 0.230. The minimum atomic E-state index is -1.04. The average Bonchev–Trinajstić information content (AvgIpc) is 2.87. The first-order valence-electron chi connectivity index (χ1n) is 6.04. The summed E-state index contributed by atoms with van der Waals surface area (Å²) < 4.78 is 0. The Balaban J connectivity index is 2.25. The normalized spacial score (nSPS) is 18.1. The predicted octanol–water partition coefficient (Wildman–Crippen LogP) is 1.07. The second-order valence-electron chi connectivity index (χ2n) is 4.62. The van der Waals surface area contributed by atoms with Crippen LogP contribution < -0.4 is 0 Å². The molecule has 1 aliphatic heterocycles. The number of amides is 1. The maximum atomic E-state index is 12.3. The van der Waals surface area contributed by atoms with Crippen LogP contribution in [0.5, 0.6) is 0 Å². The highest BCUT2D eigenvalue weighted by Crippen LogP contribution is 2.15. The molecule has 1 N–H and O–H groups in total. The standard InChI is InChI=1S/C13H15N3O3/c1-8(2)11-14-6-5-9(15-11)12(17)16-7-3-4-10(16)13(18)19/h3-6,8,10H,7H2,1-2H3,(H,18,19). The molecule has 1 aromatic rings. The molecule has 0 radical (unpaired) electrons. The van der Waals surface area contributed by atoms with E-state index in [4.69, 9.17) is 5.11 Å². The van der Waals surface area contributed by atoms with E-state index < -0.39 is 12.0 Å². The Kier molecular flexibility index (Phi) is 3.59. The van der Waals surface area contributed by atoms with Crippen LogP contribution in [0.25, 0.3) is 0 Å². The molecule has 6 heteroatoms. The fourth-order valence-corrected chi connectivity index (χ4v) is 1.86. The van der Waals surface area contributed by atoms with Crippen molar-refractivity contribution in [3.05, 3.63) is 35.9 Å². The number of rotatable bonds is 3. The monoisotopic (exact) mass is 261 g/mol. The fourth-order valence-electron chi connectivity index (χ4n) is 1.86. The molecule has 0 fully saturated rings. The average molecular weight is 261 g/mol. The van der Waals surface area contributed by atoms with Crippen molar-refractivity contribution in [2.75, 3.05) is 6.54 Å². The predicted molar refractivity (Wildman–Crippen MR) is 67.7 cm³/mol. The second-order valence-corrected chi connectivity index (χ2v) is 4.62. The quantitative estimate of drug-likeness (QED) is 0.823. The molecule has 1 atom stereocenters. The fraction of sp³-hybridized carbons (Fsp3) is 0.385. The summed E-state index contributed by atoms with van der Waals surface area (Å²) in [6, 6.07) is 0.593. The molecule has 0 saturated heterocycles. The molecule has 6 nitrogen and oxygen atoms in total. The lowest BCUT2D eigenvalue weighted by Gasteiger charge is -2.21. The largest absolute Gasteiger partial charge is 0.479 e. The lowest BCUT2D eigenvalue weighted by molar-refractivity contribution is -0.140. The summed E-state index contributed by atoms with van der Waals surface area (Å²) in [5.74, 6) is -0.744. The third-order valence-corrected chi connectivity index (χ3v) is 2.88. The molecule has 0 spiro atoms. The van der Waals surface area contributed by atoms with Crippen LogP contribution in [0.1, 0.15) is 36.1 Å². The third kappa shape index (κ3) is 2.62. The van der Waals surface area contributed by atoms with Crippen LogP contribution in [-0.4, -0.2) is 44.4 Å². The second kappa shape index (κ2) is 5.17. The Hall–Kier alpha value is -2.24. The summed E-state index contributed by atoms with van der Waals surface area (Å²) in [4.78, 5) is 32.9. The Bertz CT molecular complexity index is 540. The highest BCUT2D eigenvalue weighted by Gasteiger charge is 2.31. The third-order valence-electron chi connectivity index (χ3n) is 2.88. The number of aromatic nitrogens is 2. The molecule has 0 bridgehead atoms. The van der Waals surface area contributed by atoms with Crippen molar-refractivity contribution < 1.29 is 14.7 Å². The Morgan fingerprint density at radius 1 is 1.47 bits per heavy atom. The molecule has 0 aliphatic carbocycles. The van der Waals surface area contributed by atoms with Crippen molar-refractivity contribution in [3.8, 4) is 0 Å². The Morgan fingerprint density at radius 3 is 2.84 bits per heavy atom. The van der Waals surface area contributed by atoms with Crippen LogP contribution in [-0.2, 0) is 4.79 Å². The first-order chi connectivity index (χ1) is 9.00.